The van der Waals surface area contributed by atoms with Crippen molar-refractivity contribution in [1.82, 2.24) is 15.6 Å². The molecule has 2 aliphatic heterocycles. The van der Waals surface area contributed by atoms with Crippen LogP contribution in [0.4, 0.5) is 0 Å². The summed E-state index contributed by atoms with van der Waals surface area (Å²) in [6.07, 6.45) is -0.450. The normalized spacial score (nSPS) is 17.1. The molecule has 0 saturated carbocycles. The molecule has 2 N–H and O–H groups in total. The van der Waals surface area contributed by atoms with Crippen LogP contribution >= 0.6 is 0 Å². The van der Waals surface area contributed by atoms with Gasteiger partial charge in [-0.25, -0.2) is 9.98 Å². The Morgan fingerprint density at radius 2 is 1.09 bits per heavy atom. The van der Waals surface area contributed by atoms with Crippen molar-refractivity contribution in [3.63, 3.8) is 0 Å². The lowest BCUT2D eigenvalue weighted by Gasteiger charge is -2.39. The third-order valence-electron chi connectivity index (χ3n) is 12.2. The largest absolute Gasteiger partial charge is 0.457 e. The van der Waals surface area contributed by atoms with Crippen molar-refractivity contribution in [3.05, 3.63) is 233 Å². The minimum atomic E-state index is -0.583. The summed E-state index contributed by atoms with van der Waals surface area (Å²) in [6, 6.07) is 69.0. The molecular weight excluding hydrogens is 709 g/mol. The van der Waals surface area contributed by atoms with Crippen molar-refractivity contribution in [2.24, 2.45) is 4.99 Å². The number of nitrogens with one attached hydrogen (secondary N) is 2. The van der Waals surface area contributed by atoms with Crippen LogP contribution in [0.2, 0.25) is 0 Å². The molecule has 8 aromatic carbocycles. The van der Waals surface area contributed by atoms with Crippen LogP contribution in [0.3, 0.4) is 0 Å². The Balaban J connectivity index is 1.14. The van der Waals surface area contributed by atoms with Gasteiger partial charge in [0.1, 0.15) is 29.7 Å². The van der Waals surface area contributed by atoms with Gasteiger partial charge in [-0.15, -0.1) is 0 Å². The number of para-hydroxylation sites is 2. The van der Waals surface area contributed by atoms with E-state index in [0.717, 1.165) is 78.1 Å². The Bertz CT molecular complexity index is 3060. The first-order valence-corrected chi connectivity index (χ1v) is 19.9. The van der Waals surface area contributed by atoms with Crippen molar-refractivity contribution < 1.29 is 4.74 Å². The number of hydrogen-bond acceptors (Lipinski definition) is 5. The van der Waals surface area contributed by atoms with E-state index in [2.05, 4.69) is 199 Å². The van der Waals surface area contributed by atoms with E-state index in [1.165, 1.54) is 22.3 Å². The second-order valence-corrected chi connectivity index (χ2v) is 15.3. The predicted octanol–water partition coefficient (Wildman–Crippen LogP) is 11.9. The first-order valence-electron chi connectivity index (χ1n) is 19.9. The van der Waals surface area contributed by atoms with E-state index in [-0.39, 0.29) is 12.3 Å². The van der Waals surface area contributed by atoms with Crippen molar-refractivity contribution in [3.8, 4) is 33.9 Å². The van der Waals surface area contributed by atoms with Gasteiger partial charge in [-0.1, -0.05) is 158 Å². The number of fused-ring (bicyclic) bond motifs is 12. The van der Waals surface area contributed by atoms with Crippen LogP contribution in [0.25, 0.3) is 44.1 Å². The zero-order valence-corrected chi connectivity index (χ0v) is 31.4. The summed E-state index contributed by atoms with van der Waals surface area (Å²) in [5.74, 6) is 2.62. The molecular formula is C53H36N4O. The summed E-state index contributed by atoms with van der Waals surface area (Å²) >= 11 is 0. The highest BCUT2D eigenvalue weighted by Crippen LogP contribution is 2.62. The van der Waals surface area contributed by atoms with Gasteiger partial charge < -0.3 is 10.1 Å². The summed E-state index contributed by atoms with van der Waals surface area (Å²) in [4.78, 5) is 10.8. The second-order valence-electron chi connectivity index (χ2n) is 15.3. The van der Waals surface area contributed by atoms with Crippen LogP contribution < -0.4 is 15.4 Å². The highest BCUT2D eigenvalue weighted by atomic mass is 16.5. The topological polar surface area (TPSA) is 58.5 Å². The third kappa shape index (κ3) is 4.87. The summed E-state index contributed by atoms with van der Waals surface area (Å²) in [5.41, 5.74) is 12.9. The van der Waals surface area contributed by atoms with E-state index >= 15 is 0 Å². The number of hydrogen-bond donors (Lipinski definition) is 2. The van der Waals surface area contributed by atoms with Crippen LogP contribution in [0.5, 0.6) is 11.5 Å². The fraction of sp³-hybridized carbons (Fsp3) is 0.0566. The first kappa shape index (κ1) is 32.9. The summed E-state index contributed by atoms with van der Waals surface area (Å²) in [5, 5.41) is 10.9. The lowest BCUT2D eigenvalue weighted by Crippen LogP contribution is -2.44. The van der Waals surface area contributed by atoms with E-state index in [0.29, 0.717) is 0 Å². The highest BCUT2D eigenvalue weighted by molar-refractivity contribution is 6.14. The minimum absolute atomic E-state index is 0.139. The van der Waals surface area contributed by atoms with Gasteiger partial charge in [-0.2, -0.15) is 0 Å². The first-order chi connectivity index (χ1) is 28.7. The fourth-order valence-electron chi connectivity index (χ4n) is 9.64. The molecule has 3 heterocycles. The number of nitrogens with zero attached hydrogens (tertiary/aromatic N) is 2. The van der Waals surface area contributed by atoms with Gasteiger partial charge in [0.25, 0.3) is 0 Å². The Morgan fingerprint density at radius 3 is 1.81 bits per heavy atom. The molecule has 9 aromatic rings. The van der Waals surface area contributed by atoms with E-state index in [9.17, 15) is 0 Å². The number of benzene rings is 8. The smallest absolute Gasteiger partial charge is 0.132 e. The molecule has 0 bridgehead atoms. The number of rotatable bonds is 4. The lowest BCUT2D eigenvalue weighted by molar-refractivity contribution is 0.409. The average molecular weight is 745 g/mol. The van der Waals surface area contributed by atoms with E-state index in [1.807, 2.05) is 6.07 Å². The molecule has 12 rings (SSSR count). The zero-order chi connectivity index (χ0) is 38.2. The quantitative estimate of drug-likeness (QED) is 0.176. The number of aliphatic imine (C=N–C) groups is 1. The van der Waals surface area contributed by atoms with Gasteiger partial charge in [0.05, 0.1) is 16.6 Å². The van der Waals surface area contributed by atoms with Gasteiger partial charge in [0.2, 0.25) is 0 Å². The molecule has 1 aromatic heterocycles. The van der Waals surface area contributed by atoms with Crippen LogP contribution in [-0.4, -0.2) is 10.8 Å². The van der Waals surface area contributed by atoms with Gasteiger partial charge in [-0.05, 0) is 75.2 Å². The molecule has 3 aliphatic rings. The van der Waals surface area contributed by atoms with E-state index in [1.54, 1.807) is 0 Å². The Labute approximate surface area is 336 Å². The minimum Gasteiger partial charge on any atom is -0.457 e. The molecule has 5 heteroatoms. The predicted molar refractivity (Wildman–Crippen MR) is 233 cm³/mol. The Hall–Kier alpha value is -7.34. The summed E-state index contributed by atoms with van der Waals surface area (Å²) in [6.45, 7) is 0. The van der Waals surface area contributed by atoms with Gasteiger partial charge in [0, 0.05) is 33.0 Å². The number of amidine groups is 1. The Kier molecular flexibility index (Phi) is 7.28. The molecule has 0 fully saturated rings. The molecule has 5 nitrogen and oxygen atoms in total. The molecule has 0 saturated heterocycles. The van der Waals surface area contributed by atoms with Gasteiger partial charge in [0.15, 0.2) is 0 Å². The molecule has 2 atom stereocenters. The van der Waals surface area contributed by atoms with Gasteiger partial charge >= 0.3 is 0 Å². The standard InChI is InChI=1S/C53H36N4O/c1-4-16-33(17-5-1)49-41-31-39-37-22-10-11-23-42(37)53(43-24-12-14-26-47(43)58-48-27-15-13-25-44(48)53)45(39)32-38(41)40-30-36(28-29-46(40)54-49)52-56-50(34-18-6-2-7-19-34)55-51(57-52)35-20-8-3-9-21-35/h1-32,50,52,56H,(H,55,57). The second kappa shape index (κ2) is 12.8. The SMILES string of the molecule is c1ccc(C2=NC(c3ccc4nc(-c5ccccc5)c5cc6c(cc5c4c3)C3(c4ccccc4Oc4ccccc43)c3ccccc3-6)NC(c3ccccc3)N2)cc1. The maximum atomic E-state index is 6.66. The van der Waals surface area contributed by atoms with Crippen LogP contribution in [0, 0.1) is 0 Å². The van der Waals surface area contributed by atoms with Crippen molar-refractivity contribution >= 4 is 27.5 Å². The number of aromatic nitrogens is 1. The average Bonchev–Trinajstić information content (AvgIpc) is 3.58. The molecule has 0 amide bonds. The zero-order valence-electron chi connectivity index (χ0n) is 31.4. The van der Waals surface area contributed by atoms with Crippen molar-refractivity contribution in [2.45, 2.75) is 17.7 Å². The summed E-state index contributed by atoms with van der Waals surface area (Å²) < 4.78 is 6.66. The molecule has 1 aliphatic carbocycles. The maximum Gasteiger partial charge on any atom is 0.132 e. The molecule has 58 heavy (non-hydrogen) atoms. The van der Waals surface area contributed by atoms with Crippen LogP contribution in [0.1, 0.15) is 51.3 Å². The van der Waals surface area contributed by atoms with Gasteiger partial charge in [-0.3, -0.25) is 5.32 Å². The van der Waals surface area contributed by atoms with Crippen molar-refractivity contribution in [1.29, 1.82) is 0 Å². The fourth-order valence-corrected chi connectivity index (χ4v) is 9.64. The number of ether oxygens (including phenoxy) is 1. The van der Waals surface area contributed by atoms with Crippen molar-refractivity contribution in [2.75, 3.05) is 0 Å². The molecule has 0 radical (unpaired) electrons. The molecule has 2 unspecified atom stereocenters. The van der Waals surface area contributed by atoms with E-state index in [4.69, 9.17) is 14.7 Å². The maximum absolute atomic E-state index is 6.66. The Morgan fingerprint density at radius 1 is 0.466 bits per heavy atom. The van der Waals surface area contributed by atoms with E-state index < -0.39 is 5.41 Å². The van der Waals surface area contributed by atoms with Crippen LogP contribution in [-0.2, 0) is 5.41 Å². The highest BCUT2D eigenvalue weighted by Gasteiger charge is 2.51. The third-order valence-corrected chi connectivity index (χ3v) is 12.2. The molecule has 274 valence electrons. The lowest BCUT2D eigenvalue weighted by atomic mass is 9.66. The monoisotopic (exact) mass is 744 g/mol. The van der Waals surface area contributed by atoms with Crippen LogP contribution in [0.15, 0.2) is 199 Å². The summed E-state index contributed by atoms with van der Waals surface area (Å²) in [7, 11) is 0. The molecule has 1 spiro atoms. The number of pyridine rings is 1.